The van der Waals surface area contributed by atoms with Crippen molar-refractivity contribution in [2.24, 2.45) is 0 Å². The number of carbonyl (C=O) groups excluding carboxylic acids is 1. The summed E-state index contributed by atoms with van der Waals surface area (Å²) in [6.07, 6.45) is -0.190. The Morgan fingerprint density at radius 2 is 2.24 bits per heavy atom. The third-order valence-electron chi connectivity index (χ3n) is 4.09. The predicted molar refractivity (Wildman–Crippen MR) is 74.6 cm³/mol. The van der Waals surface area contributed by atoms with Gasteiger partial charge in [-0.15, -0.1) is 0 Å². The smallest absolute Gasteiger partial charge is 0.305 e. The second kappa shape index (κ2) is 5.83. The maximum absolute atomic E-state index is 12.0. The van der Waals surface area contributed by atoms with Gasteiger partial charge in [0.05, 0.1) is 25.7 Å². The molecule has 21 heavy (non-hydrogen) atoms. The molecule has 2 aliphatic heterocycles. The van der Waals surface area contributed by atoms with Crippen LogP contribution < -0.4 is 5.32 Å². The molecule has 112 valence electrons. The fraction of sp³-hybridized carbons (Fsp3) is 0.467. The van der Waals surface area contributed by atoms with E-state index in [0.29, 0.717) is 26.3 Å². The highest BCUT2D eigenvalue weighted by molar-refractivity contribution is 5.86. The van der Waals surface area contributed by atoms with E-state index < -0.39 is 12.0 Å². The number of piperazine rings is 1. The lowest BCUT2D eigenvalue weighted by Crippen LogP contribution is -2.57. The number of carboxylic acids is 1. The third kappa shape index (κ3) is 2.77. The van der Waals surface area contributed by atoms with Crippen molar-refractivity contribution in [1.82, 2.24) is 10.2 Å². The van der Waals surface area contributed by atoms with Gasteiger partial charge >= 0.3 is 5.97 Å². The molecular weight excluding hydrogens is 272 g/mol. The van der Waals surface area contributed by atoms with Crippen LogP contribution in [0.15, 0.2) is 24.3 Å². The van der Waals surface area contributed by atoms with Crippen LogP contribution in [0.5, 0.6) is 0 Å². The molecule has 1 aromatic carbocycles. The number of benzene rings is 1. The fourth-order valence-electron chi connectivity index (χ4n) is 3.12. The summed E-state index contributed by atoms with van der Waals surface area (Å²) in [6, 6.07) is 7.27. The van der Waals surface area contributed by atoms with E-state index in [1.165, 1.54) is 0 Å². The molecule has 0 spiro atoms. The average molecular weight is 290 g/mol. The number of nitrogens with zero attached hydrogens (tertiary/aromatic N) is 1. The first-order valence-electron chi connectivity index (χ1n) is 7.07. The van der Waals surface area contributed by atoms with Gasteiger partial charge < -0.3 is 15.2 Å². The van der Waals surface area contributed by atoms with Gasteiger partial charge in [0.25, 0.3) is 0 Å². The van der Waals surface area contributed by atoms with Crippen molar-refractivity contribution in [3.63, 3.8) is 0 Å². The molecule has 2 unspecified atom stereocenters. The lowest BCUT2D eigenvalue weighted by atomic mass is 9.95. The summed E-state index contributed by atoms with van der Waals surface area (Å²) in [4.78, 5) is 25.1. The molecule has 6 heteroatoms. The summed E-state index contributed by atoms with van der Waals surface area (Å²) in [7, 11) is 0. The second-order valence-electron chi connectivity index (χ2n) is 5.37. The first-order valence-corrected chi connectivity index (χ1v) is 7.07. The lowest BCUT2D eigenvalue weighted by Gasteiger charge is -2.42. The fourth-order valence-corrected chi connectivity index (χ4v) is 3.12. The number of ether oxygens (including phenoxy) is 1. The number of rotatable bonds is 3. The van der Waals surface area contributed by atoms with Gasteiger partial charge in [-0.05, 0) is 11.1 Å². The third-order valence-corrected chi connectivity index (χ3v) is 4.09. The molecule has 1 aromatic rings. The average Bonchev–Trinajstić information content (AvgIpc) is 2.48. The van der Waals surface area contributed by atoms with Crippen LogP contribution in [0.1, 0.15) is 23.6 Å². The molecule has 0 aromatic heterocycles. The van der Waals surface area contributed by atoms with Crippen molar-refractivity contribution in [3.05, 3.63) is 35.4 Å². The number of aliphatic carboxylic acids is 1. The largest absolute Gasteiger partial charge is 0.481 e. The zero-order valence-electron chi connectivity index (χ0n) is 11.6. The lowest BCUT2D eigenvalue weighted by molar-refractivity contribution is -0.144. The minimum atomic E-state index is -0.966. The van der Waals surface area contributed by atoms with Gasteiger partial charge in [-0.25, -0.2) is 0 Å². The zero-order chi connectivity index (χ0) is 14.8. The van der Waals surface area contributed by atoms with Gasteiger partial charge in [-0.1, -0.05) is 24.3 Å². The van der Waals surface area contributed by atoms with E-state index >= 15 is 0 Å². The van der Waals surface area contributed by atoms with Crippen molar-refractivity contribution in [1.29, 1.82) is 0 Å². The summed E-state index contributed by atoms with van der Waals surface area (Å²) in [5, 5.41) is 11.8. The van der Waals surface area contributed by atoms with E-state index in [4.69, 9.17) is 9.84 Å². The van der Waals surface area contributed by atoms with Crippen LogP contribution in [-0.2, 0) is 20.9 Å². The Balaban J connectivity index is 1.90. The highest BCUT2D eigenvalue weighted by Gasteiger charge is 2.38. The van der Waals surface area contributed by atoms with E-state index in [1.54, 1.807) is 0 Å². The summed E-state index contributed by atoms with van der Waals surface area (Å²) in [6.45, 7) is 2.22. The highest BCUT2D eigenvalue weighted by Crippen LogP contribution is 2.32. The standard InChI is InChI=1S/C15H18N2O4/c18-14(19)7-12-15(20)16-5-6-17(12)13-9-21-8-10-3-1-2-4-11(10)13/h1-4,12-13H,5-9H2,(H,16,20)(H,18,19). The maximum Gasteiger partial charge on any atom is 0.305 e. The number of carbonyl (C=O) groups is 2. The number of carboxylic acid groups (broad SMARTS) is 1. The molecule has 2 N–H and O–H groups in total. The number of hydrogen-bond donors (Lipinski definition) is 2. The van der Waals surface area contributed by atoms with E-state index in [9.17, 15) is 9.59 Å². The minimum absolute atomic E-state index is 0.0645. The van der Waals surface area contributed by atoms with E-state index in [2.05, 4.69) is 5.32 Å². The van der Waals surface area contributed by atoms with Crippen LogP contribution in [-0.4, -0.2) is 47.6 Å². The summed E-state index contributed by atoms with van der Waals surface area (Å²) in [5.74, 6) is -1.18. The quantitative estimate of drug-likeness (QED) is 0.849. The number of nitrogens with one attached hydrogen (secondary N) is 1. The second-order valence-corrected chi connectivity index (χ2v) is 5.37. The van der Waals surface area contributed by atoms with Gasteiger partial charge in [0, 0.05) is 13.1 Å². The van der Waals surface area contributed by atoms with Gasteiger partial charge in [0.15, 0.2) is 0 Å². The van der Waals surface area contributed by atoms with Crippen LogP contribution in [0.3, 0.4) is 0 Å². The van der Waals surface area contributed by atoms with E-state index in [0.717, 1.165) is 11.1 Å². The molecule has 1 amide bonds. The SMILES string of the molecule is O=C(O)CC1C(=O)NCCN1C1COCc2ccccc21. The number of amides is 1. The van der Waals surface area contributed by atoms with E-state index in [-0.39, 0.29) is 18.4 Å². The molecule has 2 heterocycles. The summed E-state index contributed by atoms with van der Waals surface area (Å²) >= 11 is 0. The van der Waals surface area contributed by atoms with Crippen molar-refractivity contribution in [3.8, 4) is 0 Å². The van der Waals surface area contributed by atoms with Crippen LogP contribution in [0.25, 0.3) is 0 Å². The molecule has 6 nitrogen and oxygen atoms in total. The first kappa shape index (κ1) is 14.0. The Labute approximate surface area is 122 Å². The van der Waals surface area contributed by atoms with Crippen molar-refractivity contribution < 1.29 is 19.4 Å². The van der Waals surface area contributed by atoms with Gasteiger partial charge in [0.2, 0.25) is 5.91 Å². The number of hydrogen-bond acceptors (Lipinski definition) is 4. The maximum atomic E-state index is 12.0. The molecule has 1 fully saturated rings. The predicted octanol–water partition coefficient (Wildman–Crippen LogP) is 0.533. The summed E-state index contributed by atoms with van der Waals surface area (Å²) in [5.41, 5.74) is 2.24. The monoisotopic (exact) mass is 290 g/mol. The van der Waals surface area contributed by atoms with Crippen LogP contribution >= 0.6 is 0 Å². The molecular formula is C15H18N2O4. The zero-order valence-corrected chi connectivity index (χ0v) is 11.6. The highest BCUT2D eigenvalue weighted by atomic mass is 16.5. The molecule has 0 aliphatic carbocycles. The van der Waals surface area contributed by atoms with Crippen LogP contribution in [0.2, 0.25) is 0 Å². The topological polar surface area (TPSA) is 78.9 Å². The van der Waals surface area contributed by atoms with Crippen LogP contribution in [0, 0.1) is 0 Å². The molecule has 2 aliphatic rings. The molecule has 3 rings (SSSR count). The summed E-state index contributed by atoms with van der Waals surface area (Å²) < 4.78 is 5.63. The molecule has 1 saturated heterocycles. The van der Waals surface area contributed by atoms with E-state index in [1.807, 2.05) is 29.2 Å². The first-order chi connectivity index (χ1) is 10.2. The Bertz CT molecular complexity index is 560. The molecule has 0 saturated carbocycles. The van der Waals surface area contributed by atoms with Gasteiger partial charge in [0.1, 0.15) is 6.04 Å². The van der Waals surface area contributed by atoms with Crippen molar-refractivity contribution in [2.75, 3.05) is 19.7 Å². The van der Waals surface area contributed by atoms with Crippen molar-refractivity contribution >= 4 is 11.9 Å². The molecule has 0 bridgehead atoms. The molecule has 0 radical (unpaired) electrons. The Hall–Kier alpha value is -1.92. The van der Waals surface area contributed by atoms with Crippen molar-refractivity contribution in [2.45, 2.75) is 25.1 Å². The normalized spacial score (nSPS) is 26.0. The minimum Gasteiger partial charge on any atom is -0.481 e. The Kier molecular flexibility index (Phi) is 3.90. The Morgan fingerprint density at radius 3 is 3.05 bits per heavy atom. The van der Waals surface area contributed by atoms with Gasteiger partial charge in [-0.3, -0.25) is 14.5 Å². The van der Waals surface area contributed by atoms with Crippen LogP contribution in [0.4, 0.5) is 0 Å². The van der Waals surface area contributed by atoms with Gasteiger partial charge in [-0.2, -0.15) is 0 Å². The molecule has 2 atom stereocenters. The number of fused-ring (bicyclic) bond motifs is 1. The Morgan fingerprint density at radius 1 is 1.43 bits per heavy atom.